The minimum Gasteiger partial charge on any atom is -0.495 e. The van der Waals surface area contributed by atoms with Gasteiger partial charge in [0.2, 0.25) is 0 Å². The molecular formula is C27H22F2O. The van der Waals surface area contributed by atoms with Crippen LogP contribution in [0.1, 0.15) is 45.9 Å². The van der Waals surface area contributed by atoms with E-state index in [2.05, 4.69) is 23.7 Å². The standard InChI is InChI=1S/C27H22F2O/c1-5-21-16-23(11-10-20-8-6-18(2)7-9-20)27(30-4)17-22(21)12-13-24-25(28)14-19(3)15-26(24)29/h6-9,14-17H,5H2,1-4H3. The molecule has 3 aromatic rings. The second-order valence-corrected chi connectivity index (χ2v) is 7.03. The highest BCUT2D eigenvalue weighted by atomic mass is 19.1. The van der Waals surface area contributed by atoms with Gasteiger partial charge in [0.15, 0.2) is 0 Å². The van der Waals surface area contributed by atoms with Gasteiger partial charge in [-0.15, -0.1) is 0 Å². The van der Waals surface area contributed by atoms with E-state index in [1.54, 1.807) is 20.1 Å². The molecule has 0 heterocycles. The fraction of sp³-hybridized carbons (Fsp3) is 0.185. The van der Waals surface area contributed by atoms with Gasteiger partial charge in [-0.25, -0.2) is 8.78 Å². The van der Waals surface area contributed by atoms with Crippen LogP contribution in [0, 0.1) is 49.2 Å². The quantitative estimate of drug-likeness (QED) is 0.483. The topological polar surface area (TPSA) is 9.23 Å². The Kier molecular flexibility index (Phi) is 6.55. The van der Waals surface area contributed by atoms with Gasteiger partial charge in [-0.1, -0.05) is 48.3 Å². The van der Waals surface area contributed by atoms with Crippen molar-refractivity contribution in [2.45, 2.75) is 27.2 Å². The second-order valence-electron chi connectivity index (χ2n) is 7.03. The SMILES string of the molecule is CCc1cc(C#Cc2ccc(C)cc2)c(OC)cc1C#Cc1c(F)cc(C)cc1F. The first-order valence-corrected chi connectivity index (χ1v) is 9.68. The molecule has 0 aliphatic heterocycles. The van der Waals surface area contributed by atoms with E-state index < -0.39 is 11.6 Å². The highest BCUT2D eigenvalue weighted by molar-refractivity contribution is 5.58. The lowest BCUT2D eigenvalue weighted by molar-refractivity contribution is 0.413. The lowest BCUT2D eigenvalue weighted by Gasteiger charge is -2.08. The Bertz CT molecular complexity index is 1180. The van der Waals surface area contributed by atoms with Crippen molar-refractivity contribution in [3.05, 3.63) is 99.1 Å². The minimum atomic E-state index is -0.661. The maximum atomic E-state index is 14.1. The van der Waals surface area contributed by atoms with Crippen LogP contribution in [-0.2, 0) is 6.42 Å². The van der Waals surface area contributed by atoms with Crippen molar-refractivity contribution < 1.29 is 13.5 Å². The number of benzene rings is 3. The zero-order valence-corrected chi connectivity index (χ0v) is 17.5. The van der Waals surface area contributed by atoms with Crippen LogP contribution in [0.15, 0.2) is 48.5 Å². The van der Waals surface area contributed by atoms with Crippen molar-refractivity contribution in [3.63, 3.8) is 0 Å². The van der Waals surface area contributed by atoms with E-state index in [1.165, 1.54) is 17.7 Å². The summed E-state index contributed by atoms with van der Waals surface area (Å²) in [4.78, 5) is 0. The Labute approximate surface area is 176 Å². The average Bonchev–Trinajstić information content (AvgIpc) is 2.72. The normalized spacial score (nSPS) is 9.93. The maximum Gasteiger partial charge on any atom is 0.142 e. The molecule has 0 aliphatic rings. The van der Waals surface area contributed by atoms with E-state index in [9.17, 15) is 8.78 Å². The zero-order valence-electron chi connectivity index (χ0n) is 17.5. The molecule has 0 spiro atoms. The summed E-state index contributed by atoms with van der Waals surface area (Å²) >= 11 is 0. The van der Waals surface area contributed by atoms with E-state index in [-0.39, 0.29) is 5.56 Å². The fourth-order valence-electron chi connectivity index (χ4n) is 3.03. The van der Waals surface area contributed by atoms with Gasteiger partial charge >= 0.3 is 0 Å². The summed E-state index contributed by atoms with van der Waals surface area (Å²) in [6, 6.07) is 14.2. The number of halogens is 2. The Morgan fingerprint density at radius 3 is 2.00 bits per heavy atom. The third-order valence-corrected chi connectivity index (χ3v) is 4.71. The van der Waals surface area contributed by atoms with Crippen molar-refractivity contribution in [3.8, 4) is 29.4 Å². The van der Waals surface area contributed by atoms with Crippen LogP contribution in [0.25, 0.3) is 0 Å². The summed E-state index contributed by atoms with van der Waals surface area (Å²) in [5, 5.41) is 0. The van der Waals surface area contributed by atoms with E-state index in [4.69, 9.17) is 4.74 Å². The molecule has 1 nitrogen and oxygen atoms in total. The Hall–Kier alpha value is -3.56. The smallest absolute Gasteiger partial charge is 0.142 e. The first-order valence-electron chi connectivity index (χ1n) is 9.68. The van der Waals surface area contributed by atoms with Crippen molar-refractivity contribution in [1.29, 1.82) is 0 Å². The Balaban J connectivity index is 2.02. The molecule has 0 aromatic heterocycles. The first-order chi connectivity index (χ1) is 14.4. The summed E-state index contributed by atoms with van der Waals surface area (Å²) in [6.45, 7) is 5.67. The zero-order chi connectivity index (χ0) is 21.7. The van der Waals surface area contributed by atoms with Crippen molar-refractivity contribution in [2.24, 2.45) is 0 Å². The molecule has 3 heteroatoms. The van der Waals surface area contributed by atoms with Crippen LogP contribution in [0.3, 0.4) is 0 Å². The lowest BCUT2D eigenvalue weighted by Crippen LogP contribution is -1.96. The van der Waals surface area contributed by atoms with Crippen LogP contribution in [0.2, 0.25) is 0 Å². The largest absolute Gasteiger partial charge is 0.495 e. The molecule has 0 fully saturated rings. The van der Waals surface area contributed by atoms with Crippen LogP contribution >= 0.6 is 0 Å². The molecule has 0 bridgehead atoms. The predicted molar refractivity (Wildman–Crippen MR) is 117 cm³/mol. The van der Waals surface area contributed by atoms with Gasteiger partial charge in [-0.3, -0.25) is 0 Å². The highest BCUT2D eigenvalue weighted by Gasteiger charge is 2.10. The molecule has 150 valence electrons. The van der Waals surface area contributed by atoms with Crippen molar-refractivity contribution >= 4 is 0 Å². The van der Waals surface area contributed by atoms with Crippen LogP contribution in [-0.4, -0.2) is 7.11 Å². The highest BCUT2D eigenvalue weighted by Crippen LogP contribution is 2.24. The third kappa shape index (κ3) is 4.88. The van der Waals surface area contributed by atoms with Crippen LogP contribution in [0.5, 0.6) is 5.75 Å². The molecule has 3 aromatic carbocycles. The molecule has 3 rings (SSSR count). The Morgan fingerprint density at radius 1 is 0.767 bits per heavy atom. The molecule has 0 atom stereocenters. The molecule has 0 N–H and O–H groups in total. The molecule has 0 amide bonds. The van der Waals surface area contributed by atoms with Gasteiger partial charge < -0.3 is 4.74 Å². The van der Waals surface area contributed by atoms with Gasteiger partial charge in [0, 0.05) is 11.1 Å². The molecule has 0 unspecified atom stereocenters. The number of aryl methyl sites for hydroxylation is 3. The van der Waals surface area contributed by atoms with Crippen molar-refractivity contribution in [2.75, 3.05) is 7.11 Å². The van der Waals surface area contributed by atoms with Gasteiger partial charge in [-0.2, -0.15) is 0 Å². The second kappa shape index (κ2) is 9.29. The summed E-state index contributed by atoms with van der Waals surface area (Å²) in [5.74, 6) is 11.1. The number of ether oxygens (including phenoxy) is 1. The van der Waals surface area contributed by atoms with Crippen LogP contribution < -0.4 is 4.74 Å². The van der Waals surface area contributed by atoms with Gasteiger partial charge in [0.1, 0.15) is 17.4 Å². The van der Waals surface area contributed by atoms with Crippen LogP contribution in [0.4, 0.5) is 8.78 Å². The summed E-state index contributed by atoms with van der Waals surface area (Å²) < 4.78 is 33.7. The number of rotatable bonds is 2. The summed E-state index contributed by atoms with van der Waals surface area (Å²) in [5.41, 5.74) is 4.71. The third-order valence-electron chi connectivity index (χ3n) is 4.71. The van der Waals surface area contributed by atoms with Gasteiger partial charge in [0.25, 0.3) is 0 Å². The number of hydrogen-bond acceptors (Lipinski definition) is 1. The average molecular weight is 400 g/mol. The predicted octanol–water partition coefficient (Wildman–Crippen LogP) is 5.95. The van der Waals surface area contributed by atoms with Gasteiger partial charge in [0.05, 0.1) is 18.2 Å². The van der Waals surface area contributed by atoms with E-state index in [0.717, 1.165) is 16.7 Å². The molecule has 0 radical (unpaired) electrons. The monoisotopic (exact) mass is 400 g/mol. The number of hydrogen-bond donors (Lipinski definition) is 0. The van der Waals surface area contributed by atoms with E-state index in [1.807, 2.05) is 44.2 Å². The first kappa shape index (κ1) is 21.2. The molecule has 0 saturated heterocycles. The molecular weight excluding hydrogens is 378 g/mol. The molecule has 0 saturated carbocycles. The number of methoxy groups -OCH3 is 1. The minimum absolute atomic E-state index is 0.232. The van der Waals surface area contributed by atoms with Crippen molar-refractivity contribution in [1.82, 2.24) is 0 Å². The Morgan fingerprint density at radius 2 is 1.40 bits per heavy atom. The maximum absolute atomic E-state index is 14.1. The molecule has 0 aliphatic carbocycles. The fourth-order valence-corrected chi connectivity index (χ4v) is 3.03. The lowest BCUT2D eigenvalue weighted by atomic mass is 10.00. The van der Waals surface area contributed by atoms with E-state index >= 15 is 0 Å². The summed E-state index contributed by atoms with van der Waals surface area (Å²) in [7, 11) is 1.56. The van der Waals surface area contributed by atoms with Gasteiger partial charge in [-0.05, 0) is 67.8 Å². The van der Waals surface area contributed by atoms with E-state index in [0.29, 0.717) is 23.3 Å². The molecule has 30 heavy (non-hydrogen) atoms. The summed E-state index contributed by atoms with van der Waals surface area (Å²) in [6.07, 6.45) is 0.700.